The highest BCUT2D eigenvalue weighted by atomic mass is 16.4. The number of allylic oxidation sites excluding steroid dienone is 1. The first-order valence-corrected chi connectivity index (χ1v) is 4.46. The Morgan fingerprint density at radius 2 is 2.23 bits per heavy atom. The van der Waals surface area contributed by atoms with Gasteiger partial charge in [-0.1, -0.05) is 12.2 Å². The molecule has 70 valence electrons. The van der Waals surface area contributed by atoms with Crippen molar-refractivity contribution >= 4 is 11.8 Å². The van der Waals surface area contributed by atoms with Gasteiger partial charge >= 0.3 is 5.97 Å². The van der Waals surface area contributed by atoms with Gasteiger partial charge in [-0.05, 0) is 18.8 Å². The van der Waals surface area contributed by atoms with Crippen LogP contribution in [0.2, 0.25) is 0 Å². The first-order valence-electron chi connectivity index (χ1n) is 4.46. The van der Waals surface area contributed by atoms with Gasteiger partial charge in [0, 0.05) is 12.8 Å². The van der Waals surface area contributed by atoms with Crippen molar-refractivity contribution in [2.45, 2.75) is 25.7 Å². The standard InChI is InChI=1S/C10H12O3/c1-6-3-10(9(12)13)4-7(6)2-8(11)5-10/h7H,1-5H2,(H,12,13). The Kier molecular flexibility index (Phi) is 1.59. The Labute approximate surface area is 76.4 Å². The fourth-order valence-corrected chi connectivity index (χ4v) is 2.58. The van der Waals surface area contributed by atoms with Crippen LogP contribution in [-0.4, -0.2) is 16.9 Å². The summed E-state index contributed by atoms with van der Waals surface area (Å²) in [6, 6.07) is 0. The minimum atomic E-state index is -0.829. The van der Waals surface area contributed by atoms with Crippen molar-refractivity contribution in [3.8, 4) is 0 Å². The Balaban J connectivity index is 2.36. The molecule has 13 heavy (non-hydrogen) atoms. The number of hydrogen-bond acceptors (Lipinski definition) is 2. The zero-order chi connectivity index (χ0) is 9.64. The summed E-state index contributed by atoms with van der Waals surface area (Å²) in [5.74, 6) is -0.612. The van der Waals surface area contributed by atoms with Gasteiger partial charge in [0.05, 0.1) is 5.41 Å². The Bertz CT molecular complexity index is 299. The summed E-state index contributed by atoms with van der Waals surface area (Å²) in [5, 5.41) is 9.06. The van der Waals surface area contributed by atoms with Crippen molar-refractivity contribution in [3.05, 3.63) is 12.2 Å². The van der Waals surface area contributed by atoms with E-state index in [-0.39, 0.29) is 18.1 Å². The van der Waals surface area contributed by atoms with E-state index in [0.29, 0.717) is 19.3 Å². The number of carboxylic acid groups (broad SMARTS) is 1. The second-order valence-corrected chi connectivity index (χ2v) is 4.24. The van der Waals surface area contributed by atoms with Crippen molar-refractivity contribution < 1.29 is 14.7 Å². The van der Waals surface area contributed by atoms with E-state index in [2.05, 4.69) is 6.58 Å². The van der Waals surface area contributed by atoms with Crippen LogP contribution in [0.4, 0.5) is 0 Å². The zero-order valence-corrected chi connectivity index (χ0v) is 7.38. The lowest BCUT2D eigenvalue weighted by Crippen LogP contribution is -2.34. The van der Waals surface area contributed by atoms with Gasteiger partial charge in [0.15, 0.2) is 0 Å². The number of fused-ring (bicyclic) bond motifs is 2. The minimum absolute atomic E-state index is 0.0808. The van der Waals surface area contributed by atoms with Crippen molar-refractivity contribution in [1.82, 2.24) is 0 Å². The third-order valence-electron chi connectivity index (χ3n) is 3.24. The summed E-state index contributed by atoms with van der Waals surface area (Å²) in [6.07, 6.45) is 1.83. The second-order valence-electron chi connectivity index (χ2n) is 4.24. The molecule has 0 aromatic rings. The molecule has 2 aliphatic carbocycles. The van der Waals surface area contributed by atoms with E-state index in [1.807, 2.05) is 0 Å². The molecular formula is C10H12O3. The third-order valence-corrected chi connectivity index (χ3v) is 3.24. The summed E-state index contributed by atoms with van der Waals surface area (Å²) in [7, 11) is 0. The van der Waals surface area contributed by atoms with Gasteiger partial charge in [-0.15, -0.1) is 0 Å². The molecule has 0 radical (unpaired) electrons. The predicted octanol–water partition coefficient (Wildman–Crippen LogP) is 1.39. The number of ketones is 1. The molecule has 0 aliphatic heterocycles. The molecule has 3 heteroatoms. The first kappa shape index (κ1) is 8.48. The van der Waals surface area contributed by atoms with Gasteiger partial charge in [0.25, 0.3) is 0 Å². The lowest BCUT2D eigenvalue weighted by molar-refractivity contribution is -0.152. The summed E-state index contributed by atoms with van der Waals surface area (Å²) in [4.78, 5) is 22.3. The maximum Gasteiger partial charge on any atom is 0.310 e. The molecule has 2 aliphatic rings. The number of hydrogen-bond donors (Lipinski definition) is 1. The van der Waals surface area contributed by atoms with Crippen LogP contribution in [0.25, 0.3) is 0 Å². The fraction of sp³-hybridized carbons (Fsp3) is 0.600. The molecule has 0 amide bonds. The van der Waals surface area contributed by atoms with E-state index in [1.54, 1.807) is 0 Å². The molecule has 2 fully saturated rings. The van der Waals surface area contributed by atoms with Crippen LogP contribution < -0.4 is 0 Å². The van der Waals surface area contributed by atoms with Gasteiger partial charge in [-0.2, -0.15) is 0 Å². The number of rotatable bonds is 1. The molecule has 0 aromatic carbocycles. The summed E-state index contributed by atoms with van der Waals surface area (Å²) in [5.41, 5.74) is 0.158. The van der Waals surface area contributed by atoms with Gasteiger partial charge in [-0.25, -0.2) is 0 Å². The molecule has 1 N–H and O–H groups in total. The van der Waals surface area contributed by atoms with Crippen molar-refractivity contribution in [2.75, 3.05) is 0 Å². The summed E-state index contributed by atoms with van der Waals surface area (Å²) < 4.78 is 0. The molecule has 3 nitrogen and oxygen atoms in total. The van der Waals surface area contributed by atoms with E-state index in [9.17, 15) is 9.59 Å². The van der Waals surface area contributed by atoms with Crippen molar-refractivity contribution in [3.63, 3.8) is 0 Å². The van der Waals surface area contributed by atoms with E-state index >= 15 is 0 Å². The highest BCUT2D eigenvalue weighted by molar-refractivity contribution is 5.89. The van der Waals surface area contributed by atoms with E-state index in [0.717, 1.165) is 5.57 Å². The van der Waals surface area contributed by atoms with Crippen LogP contribution in [0.15, 0.2) is 12.2 Å². The van der Waals surface area contributed by atoms with E-state index < -0.39 is 11.4 Å². The average Bonchev–Trinajstić information content (AvgIpc) is 2.24. The molecule has 2 unspecified atom stereocenters. The molecule has 0 aromatic heterocycles. The van der Waals surface area contributed by atoms with Crippen LogP contribution in [0.1, 0.15) is 25.7 Å². The zero-order valence-electron chi connectivity index (χ0n) is 7.38. The summed E-state index contributed by atoms with van der Waals surface area (Å²) in [6.45, 7) is 3.84. The smallest absolute Gasteiger partial charge is 0.310 e. The van der Waals surface area contributed by atoms with E-state index in [1.165, 1.54) is 0 Å². The maximum atomic E-state index is 11.3. The lowest BCUT2D eigenvalue weighted by Gasteiger charge is -2.26. The van der Waals surface area contributed by atoms with Crippen LogP contribution in [0, 0.1) is 11.3 Å². The molecule has 2 rings (SSSR count). The first-order chi connectivity index (χ1) is 6.03. The predicted molar refractivity (Wildman–Crippen MR) is 46.2 cm³/mol. The minimum Gasteiger partial charge on any atom is -0.481 e. The third kappa shape index (κ3) is 1.10. The van der Waals surface area contributed by atoms with Crippen LogP contribution in [0.5, 0.6) is 0 Å². The number of aliphatic carboxylic acids is 1. The number of carbonyl (C=O) groups is 2. The molecule has 0 heterocycles. The SMILES string of the molecule is C=C1CC2(C(=O)O)CC(=O)CC1C2. The molecule has 2 saturated carbocycles. The van der Waals surface area contributed by atoms with Gasteiger partial charge in [-0.3, -0.25) is 9.59 Å². The summed E-state index contributed by atoms with van der Waals surface area (Å²) >= 11 is 0. The fourth-order valence-electron chi connectivity index (χ4n) is 2.58. The molecular weight excluding hydrogens is 168 g/mol. The number of Topliss-reactive ketones (excluding diaryl/α,β-unsaturated/α-hetero) is 1. The normalized spacial score (nSPS) is 38.0. The maximum absolute atomic E-state index is 11.3. The molecule has 2 atom stereocenters. The second kappa shape index (κ2) is 2.44. The van der Waals surface area contributed by atoms with Crippen LogP contribution in [-0.2, 0) is 9.59 Å². The quantitative estimate of drug-likeness (QED) is 0.620. The molecule has 2 bridgehead atoms. The Morgan fingerprint density at radius 1 is 1.54 bits per heavy atom. The molecule has 0 spiro atoms. The lowest BCUT2D eigenvalue weighted by atomic mass is 9.75. The van der Waals surface area contributed by atoms with E-state index in [4.69, 9.17) is 5.11 Å². The van der Waals surface area contributed by atoms with Gasteiger partial charge in [0.1, 0.15) is 5.78 Å². The number of carboxylic acids is 1. The Morgan fingerprint density at radius 3 is 2.85 bits per heavy atom. The topological polar surface area (TPSA) is 54.4 Å². The Hall–Kier alpha value is -1.12. The highest BCUT2D eigenvalue weighted by Gasteiger charge is 2.52. The van der Waals surface area contributed by atoms with Crippen LogP contribution in [0.3, 0.4) is 0 Å². The van der Waals surface area contributed by atoms with Crippen LogP contribution >= 0.6 is 0 Å². The highest BCUT2D eigenvalue weighted by Crippen LogP contribution is 2.52. The average molecular weight is 180 g/mol. The van der Waals surface area contributed by atoms with Gasteiger partial charge < -0.3 is 5.11 Å². The van der Waals surface area contributed by atoms with Crippen molar-refractivity contribution in [1.29, 1.82) is 0 Å². The van der Waals surface area contributed by atoms with Crippen molar-refractivity contribution in [2.24, 2.45) is 11.3 Å². The monoisotopic (exact) mass is 180 g/mol. The van der Waals surface area contributed by atoms with Gasteiger partial charge in [0.2, 0.25) is 0 Å². The molecule has 0 saturated heterocycles. The number of carbonyl (C=O) groups excluding carboxylic acids is 1. The largest absolute Gasteiger partial charge is 0.481 e.